The van der Waals surface area contributed by atoms with Crippen LogP contribution in [0.2, 0.25) is 0 Å². The molecule has 0 heterocycles. The summed E-state index contributed by atoms with van der Waals surface area (Å²) in [5.41, 5.74) is 8.47. The highest BCUT2D eigenvalue weighted by Gasteiger charge is 2.30. The number of nitrogens with two attached hydrogens (primary N) is 1. The van der Waals surface area contributed by atoms with Crippen LogP contribution in [0.25, 0.3) is 0 Å². The predicted octanol–water partition coefficient (Wildman–Crippen LogP) is 3.64. The molecule has 2 N–H and O–H groups in total. The largest absolute Gasteiger partial charge is 0.392 e. The van der Waals surface area contributed by atoms with Crippen LogP contribution in [0.5, 0.6) is 0 Å². The number of allylic oxidation sites excluding steroid dienone is 6. The van der Waals surface area contributed by atoms with Crippen LogP contribution in [0.1, 0.15) is 12.8 Å². The smallest absolute Gasteiger partial charge is 0.123 e. The highest BCUT2D eigenvalue weighted by molar-refractivity contribution is 7.88. The molecule has 1 saturated carbocycles. The van der Waals surface area contributed by atoms with E-state index in [1.807, 2.05) is 0 Å². The van der Waals surface area contributed by atoms with Crippen molar-refractivity contribution in [1.82, 2.24) is 0 Å². The van der Waals surface area contributed by atoms with Gasteiger partial charge in [-0.15, -0.1) is 25.3 Å². The van der Waals surface area contributed by atoms with E-state index in [1.165, 1.54) is 12.0 Å². The lowest BCUT2D eigenvalue weighted by atomic mass is 9.97. The van der Waals surface area contributed by atoms with E-state index in [9.17, 15) is 0 Å². The van der Waals surface area contributed by atoms with Gasteiger partial charge in [0.2, 0.25) is 0 Å². The molecule has 4 heteroatoms. The Bertz CT molecular complexity index is 534. The third-order valence-corrected chi connectivity index (χ3v) is 4.21. The first-order valence-corrected chi connectivity index (χ1v) is 7.07. The van der Waals surface area contributed by atoms with Crippen molar-refractivity contribution in [3.05, 3.63) is 58.7 Å². The first kappa shape index (κ1) is 14.3. The minimum atomic E-state index is 0.283. The normalized spacial score (nSPS) is 28.7. The minimum absolute atomic E-state index is 0.283. The van der Waals surface area contributed by atoms with Gasteiger partial charge >= 0.3 is 0 Å². The summed E-state index contributed by atoms with van der Waals surface area (Å²) in [6, 6.07) is 0. The molecule has 1 fully saturated rings. The molecule has 2 nitrogen and oxygen atoms in total. The second kappa shape index (κ2) is 5.88. The van der Waals surface area contributed by atoms with E-state index >= 15 is 0 Å². The van der Waals surface area contributed by atoms with Crippen molar-refractivity contribution in [2.45, 2.75) is 12.8 Å². The van der Waals surface area contributed by atoms with E-state index in [0.29, 0.717) is 22.6 Å². The zero-order valence-corrected chi connectivity index (χ0v) is 12.5. The second-order valence-electron chi connectivity index (χ2n) is 4.85. The summed E-state index contributed by atoms with van der Waals surface area (Å²) in [6.45, 7) is 7.82. The van der Waals surface area contributed by atoms with Gasteiger partial charge in [0.1, 0.15) is 5.03 Å². The molecule has 19 heavy (non-hydrogen) atoms. The van der Waals surface area contributed by atoms with Crippen molar-refractivity contribution in [3.8, 4) is 0 Å². The third-order valence-electron chi connectivity index (χ3n) is 3.48. The average molecular weight is 290 g/mol. The fourth-order valence-electron chi connectivity index (χ4n) is 2.54. The number of aliphatic imine (C=N–C) groups is 1. The van der Waals surface area contributed by atoms with Crippen LogP contribution >= 0.6 is 25.3 Å². The van der Waals surface area contributed by atoms with E-state index in [1.54, 1.807) is 6.08 Å². The lowest BCUT2D eigenvalue weighted by molar-refractivity contribution is 0.693. The maximum Gasteiger partial charge on any atom is 0.123 e. The standard InChI is InChI=1S/C15H18N2S2/c1-3-13(17-15(19)14(16)18)9(2)6-12-8-10-4-5-11(12)7-10/h3-6,10-11,18-19H,1-2,7-8,16H2/b12-6+,15-14-,17-13-. The molecule has 100 valence electrons. The molecule has 2 atom stereocenters. The number of hydrogen-bond donors (Lipinski definition) is 3. The van der Waals surface area contributed by atoms with Gasteiger partial charge in [-0.3, -0.25) is 0 Å². The van der Waals surface area contributed by atoms with Crippen molar-refractivity contribution in [2.24, 2.45) is 22.6 Å². The molecule has 0 aliphatic heterocycles. The van der Waals surface area contributed by atoms with E-state index < -0.39 is 0 Å². The van der Waals surface area contributed by atoms with Crippen molar-refractivity contribution in [3.63, 3.8) is 0 Å². The van der Waals surface area contributed by atoms with Crippen molar-refractivity contribution >= 4 is 31.0 Å². The Balaban J connectivity index is 2.19. The molecule has 2 aliphatic rings. The van der Waals surface area contributed by atoms with Gasteiger partial charge in [0.05, 0.1) is 10.7 Å². The van der Waals surface area contributed by atoms with E-state index in [-0.39, 0.29) is 5.03 Å². The first-order chi connectivity index (χ1) is 9.01. The Morgan fingerprint density at radius 1 is 1.42 bits per heavy atom. The van der Waals surface area contributed by atoms with Crippen LogP contribution in [0.4, 0.5) is 0 Å². The Morgan fingerprint density at radius 2 is 2.16 bits per heavy atom. The quantitative estimate of drug-likeness (QED) is 0.413. The molecular formula is C15H18N2S2. The molecule has 0 aromatic heterocycles. The van der Waals surface area contributed by atoms with Crippen LogP contribution in [-0.4, -0.2) is 5.71 Å². The number of nitrogens with zero attached hydrogens (tertiary/aromatic N) is 1. The predicted molar refractivity (Wildman–Crippen MR) is 89.4 cm³/mol. The van der Waals surface area contributed by atoms with Gasteiger partial charge < -0.3 is 5.73 Å². The third kappa shape index (κ3) is 3.25. The minimum Gasteiger partial charge on any atom is -0.392 e. The van der Waals surface area contributed by atoms with Gasteiger partial charge in [-0.2, -0.15) is 0 Å². The summed E-state index contributed by atoms with van der Waals surface area (Å²) >= 11 is 8.19. The molecule has 0 amide bonds. The van der Waals surface area contributed by atoms with Gasteiger partial charge in [-0.25, -0.2) is 4.99 Å². The molecule has 2 rings (SSSR count). The Hall–Kier alpha value is -1.13. The number of rotatable bonds is 4. The topological polar surface area (TPSA) is 38.4 Å². The fraction of sp³-hybridized carbons (Fsp3) is 0.267. The molecule has 2 bridgehead atoms. The van der Waals surface area contributed by atoms with Gasteiger partial charge in [0.15, 0.2) is 0 Å². The zero-order valence-electron chi connectivity index (χ0n) is 10.7. The van der Waals surface area contributed by atoms with Crippen molar-refractivity contribution in [2.75, 3.05) is 0 Å². The van der Waals surface area contributed by atoms with Crippen molar-refractivity contribution in [1.29, 1.82) is 0 Å². The average Bonchev–Trinajstić information content (AvgIpc) is 2.97. The van der Waals surface area contributed by atoms with Crippen LogP contribution in [0, 0.1) is 11.8 Å². The number of thiol groups is 2. The summed E-state index contributed by atoms with van der Waals surface area (Å²) in [5, 5.41) is 0.664. The van der Waals surface area contributed by atoms with Gasteiger partial charge in [0, 0.05) is 0 Å². The van der Waals surface area contributed by atoms with E-state index in [4.69, 9.17) is 5.73 Å². The molecule has 2 aliphatic carbocycles. The monoisotopic (exact) mass is 290 g/mol. The molecule has 0 aromatic carbocycles. The summed E-state index contributed by atoms with van der Waals surface area (Å²) in [4.78, 5) is 4.28. The van der Waals surface area contributed by atoms with E-state index in [0.717, 1.165) is 12.0 Å². The van der Waals surface area contributed by atoms with Crippen LogP contribution < -0.4 is 5.73 Å². The van der Waals surface area contributed by atoms with Gasteiger partial charge in [0.25, 0.3) is 0 Å². The Morgan fingerprint density at radius 3 is 2.63 bits per heavy atom. The van der Waals surface area contributed by atoms with Crippen molar-refractivity contribution < 1.29 is 0 Å². The maximum atomic E-state index is 5.52. The Labute approximate surface area is 125 Å². The number of fused-ring (bicyclic) bond motifs is 2. The summed E-state index contributed by atoms with van der Waals surface area (Å²) < 4.78 is 0. The van der Waals surface area contributed by atoms with Gasteiger partial charge in [-0.1, -0.05) is 37.0 Å². The van der Waals surface area contributed by atoms with Crippen LogP contribution in [0.3, 0.4) is 0 Å². The highest BCUT2D eigenvalue weighted by Crippen LogP contribution is 2.43. The molecule has 0 aromatic rings. The molecule has 0 saturated heterocycles. The molecule has 0 spiro atoms. The Kier molecular flexibility index (Phi) is 4.42. The molecular weight excluding hydrogens is 272 g/mol. The SMILES string of the molecule is C=C/C(=N/C(S)=C(\N)S)C(=C)/C=C1\CC2C=CC1C2. The summed E-state index contributed by atoms with van der Waals surface area (Å²) in [5.74, 6) is 1.29. The first-order valence-electron chi connectivity index (χ1n) is 6.18. The fourth-order valence-corrected chi connectivity index (χ4v) is 2.70. The summed E-state index contributed by atoms with van der Waals surface area (Å²) in [7, 11) is 0. The second-order valence-corrected chi connectivity index (χ2v) is 5.75. The zero-order chi connectivity index (χ0) is 14.0. The van der Waals surface area contributed by atoms with Crippen LogP contribution in [-0.2, 0) is 0 Å². The van der Waals surface area contributed by atoms with Crippen LogP contribution in [0.15, 0.2) is 63.7 Å². The lowest BCUT2D eigenvalue weighted by Gasteiger charge is -2.09. The highest BCUT2D eigenvalue weighted by atomic mass is 32.1. The molecule has 0 radical (unpaired) electrons. The number of hydrogen-bond acceptors (Lipinski definition) is 4. The lowest BCUT2D eigenvalue weighted by Crippen LogP contribution is -2.00. The van der Waals surface area contributed by atoms with E-state index in [2.05, 4.69) is 61.6 Å². The summed E-state index contributed by atoms with van der Waals surface area (Å²) in [6.07, 6.45) is 10.7. The van der Waals surface area contributed by atoms with Gasteiger partial charge in [-0.05, 0) is 36.3 Å². The maximum absolute atomic E-state index is 5.52. The molecule has 2 unspecified atom stereocenters.